The summed E-state index contributed by atoms with van der Waals surface area (Å²) in [6, 6.07) is 46.0. The molecule has 16 heteroatoms. The first-order valence-electron chi connectivity index (χ1n) is 25.0. The lowest BCUT2D eigenvalue weighted by Gasteiger charge is -2.25. The van der Waals surface area contributed by atoms with E-state index in [1.165, 1.54) is 6.38 Å². The predicted molar refractivity (Wildman–Crippen MR) is 309 cm³/mol. The summed E-state index contributed by atoms with van der Waals surface area (Å²) in [5.74, 6) is -1.34. The number of alkyl halides is 1. The molecule has 0 heterocycles. The van der Waals surface area contributed by atoms with E-state index in [2.05, 4.69) is 16.5 Å². The van der Waals surface area contributed by atoms with E-state index in [0.29, 0.717) is 56.7 Å². The molecule has 0 aliphatic heterocycles. The molecule has 6 aromatic rings. The lowest BCUT2D eigenvalue weighted by molar-refractivity contribution is -0.306. The number of aliphatic hydroxyl groups is 1. The summed E-state index contributed by atoms with van der Waals surface area (Å²) in [6.07, 6.45) is 0.606. The molecule has 6 aromatic carbocycles. The normalized spacial score (nSPS) is 11.5. The molecule has 2 atom stereocenters. The third-order valence-corrected chi connectivity index (χ3v) is 9.64. The number of carbonyl (C=O) groups excluding carboxylic acids is 6. The maximum atomic E-state index is 12.4. The van der Waals surface area contributed by atoms with Crippen molar-refractivity contribution >= 4 is 57.7 Å². The number of methoxy groups -OCH3 is 1. The Kier molecular flexibility index (Phi) is 31.8. The number of hydrogen-bond acceptors (Lipinski definition) is 14. The van der Waals surface area contributed by atoms with E-state index in [0.717, 1.165) is 0 Å². The van der Waals surface area contributed by atoms with Crippen LogP contribution in [0.15, 0.2) is 164 Å². The summed E-state index contributed by atoms with van der Waals surface area (Å²) in [5, 5.41) is 15.9. The molecule has 0 aliphatic carbocycles. The number of ketones is 3. The highest BCUT2D eigenvalue weighted by molar-refractivity contribution is 6.67. The van der Waals surface area contributed by atoms with E-state index in [1.807, 2.05) is 75.4 Å². The van der Waals surface area contributed by atoms with Crippen molar-refractivity contribution in [3.8, 4) is 0 Å². The van der Waals surface area contributed by atoms with Crippen LogP contribution in [0.5, 0.6) is 0 Å². The number of benzene rings is 6. The standard InChI is InChI=1S/C22H26O5.C18H18O4.C14H9ClO2.C4H10O2.C4H10O.CH3Cl/c1-15(2)22(26-16(3)14-25-4)27-21(24)19-12-10-18(11-13-19)20(23)17-8-6-5-7-9-17;1-18(2,3)22-21-17(20)15-11-9-14(10-12-15)16(19)13-7-5-4-6-8-13;15-14(17)12-8-6-11(7-9-12)13(16)10-4-2-1-3-5-10;1-4(2,3)6-5;1-4(2,3)5;1-2/h5-13,15-16,22H,14H2,1-4H3;4-12H,1-3H3;1-9H;5H,1-3H3;5H,1-3H3;1H3. The van der Waals surface area contributed by atoms with E-state index < -0.39 is 40.3 Å². The molecule has 0 saturated heterocycles. The number of ether oxygens (including phenoxy) is 3. The average Bonchev–Trinajstić information content (AvgIpc) is 3.42. The largest absolute Gasteiger partial charge is 0.432 e. The first-order chi connectivity index (χ1) is 37.0. The van der Waals surface area contributed by atoms with Crippen molar-refractivity contribution in [1.29, 1.82) is 0 Å². The molecular formula is C63H76Cl2O14. The molecule has 79 heavy (non-hydrogen) atoms. The average molecular weight is 1130 g/mol. The smallest absolute Gasteiger partial charge is 0.373 e. The van der Waals surface area contributed by atoms with Crippen molar-refractivity contribution in [2.75, 3.05) is 20.1 Å². The Bertz CT molecular complexity index is 2720. The fraction of sp³-hybridized carbons (Fsp3) is 0.333. The van der Waals surface area contributed by atoms with Gasteiger partial charge in [0, 0.05) is 58.4 Å². The zero-order valence-electron chi connectivity index (χ0n) is 47.6. The SMILES string of the molecule is CC(C)(C)O.CC(C)(C)OO.CC(C)(C)OOC(=O)c1ccc(C(=O)c2ccccc2)cc1.CCl.COCC(C)OC(OC(=O)c1ccc(C(=O)c2ccccc2)cc1)C(C)C.O=C(Cl)c1ccc(C(=O)c2ccccc2)cc1. The van der Waals surface area contributed by atoms with Gasteiger partial charge in [-0.25, -0.2) is 14.5 Å². The van der Waals surface area contributed by atoms with Gasteiger partial charge in [-0.15, -0.1) is 11.6 Å². The number of rotatable bonds is 16. The second-order valence-corrected chi connectivity index (χ2v) is 20.8. The summed E-state index contributed by atoms with van der Waals surface area (Å²) in [6.45, 7) is 22.0. The van der Waals surface area contributed by atoms with Crippen LogP contribution in [-0.4, -0.2) is 94.2 Å². The molecule has 6 rings (SSSR count). The van der Waals surface area contributed by atoms with E-state index in [-0.39, 0.29) is 29.4 Å². The second-order valence-electron chi connectivity index (χ2n) is 20.5. The van der Waals surface area contributed by atoms with Gasteiger partial charge in [0.25, 0.3) is 5.24 Å². The van der Waals surface area contributed by atoms with Crippen molar-refractivity contribution in [2.24, 2.45) is 5.92 Å². The highest BCUT2D eigenvalue weighted by Crippen LogP contribution is 2.18. The Balaban J connectivity index is 0.000000540. The zero-order valence-corrected chi connectivity index (χ0v) is 49.1. The third kappa shape index (κ3) is 29.7. The van der Waals surface area contributed by atoms with E-state index in [9.17, 15) is 28.8 Å². The molecular weight excluding hydrogens is 1050 g/mol. The van der Waals surface area contributed by atoms with E-state index in [4.69, 9.17) is 46.0 Å². The van der Waals surface area contributed by atoms with Gasteiger partial charge in [0.05, 0.1) is 35.0 Å². The molecule has 0 spiro atoms. The summed E-state index contributed by atoms with van der Waals surface area (Å²) >= 11 is 9.97. The number of halogens is 2. The van der Waals surface area contributed by atoms with Crippen molar-refractivity contribution in [3.63, 3.8) is 0 Å². The predicted octanol–water partition coefficient (Wildman–Crippen LogP) is 14.1. The molecule has 0 bridgehead atoms. The van der Waals surface area contributed by atoms with Gasteiger partial charge < -0.3 is 19.3 Å². The molecule has 2 unspecified atom stereocenters. The summed E-state index contributed by atoms with van der Waals surface area (Å²) in [4.78, 5) is 85.5. The molecule has 14 nitrogen and oxygen atoms in total. The molecule has 0 amide bonds. The summed E-state index contributed by atoms with van der Waals surface area (Å²) in [5.41, 5.74) is 3.01. The van der Waals surface area contributed by atoms with Gasteiger partial charge in [-0.2, -0.15) is 4.89 Å². The van der Waals surface area contributed by atoms with Crippen LogP contribution >= 0.6 is 23.2 Å². The van der Waals surface area contributed by atoms with Crippen molar-refractivity contribution in [1.82, 2.24) is 0 Å². The van der Waals surface area contributed by atoms with Gasteiger partial charge in [0.1, 0.15) is 5.60 Å². The van der Waals surface area contributed by atoms with Crippen LogP contribution in [0, 0.1) is 5.92 Å². The lowest BCUT2D eigenvalue weighted by atomic mass is 10.0. The van der Waals surface area contributed by atoms with Gasteiger partial charge in [-0.1, -0.05) is 141 Å². The number of esters is 1. The third-order valence-electron chi connectivity index (χ3n) is 9.42. The molecule has 2 N–H and O–H groups in total. The van der Waals surface area contributed by atoms with Gasteiger partial charge in [0.2, 0.25) is 6.29 Å². The topological polar surface area (TPSA) is 198 Å². The molecule has 426 valence electrons. The van der Waals surface area contributed by atoms with Gasteiger partial charge in [-0.05, 0) is 117 Å². The molecule has 0 saturated carbocycles. The van der Waals surface area contributed by atoms with E-state index >= 15 is 0 Å². The maximum Gasteiger partial charge on any atom is 0.373 e. The van der Waals surface area contributed by atoms with Crippen molar-refractivity contribution < 1.29 is 68.0 Å². The minimum absolute atomic E-state index is 0.00723. The highest BCUT2D eigenvalue weighted by Gasteiger charge is 2.23. The van der Waals surface area contributed by atoms with Gasteiger partial charge in [-0.3, -0.25) is 29.3 Å². The van der Waals surface area contributed by atoms with Crippen LogP contribution in [0.25, 0.3) is 0 Å². The summed E-state index contributed by atoms with van der Waals surface area (Å²) < 4.78 is 16.3. The molecule has 0 radical (unpaired) electrons. The van der Waals surface area contributed by atoms with Crippen molar-refractivity contribution in [3.05, 3.63) is 214 Å². The minimum atomic E-state index is -0.673. The number of carbonyl (C=O) groups is 6. The van der Waals surface area contributed by atoms with Crippen LogP contribution in [-0.2, 0) is 28.9 Å². The Hall–Kier alpha value is -6.72. The Morgan fingerprint density at radius 2 is 0.747 bits per heavy atom. The van der Waals surface area contributed by atoms with Crippen LogP contribution in [0.3, 0.4) is 0 Å². The minimum Gasteiger partial charge on any atom is -0.432 e. The van der Waals surface area contributed by atoms with Crippen molar-refractivity contribution in [2.45, 2.75) is 112 Å². The second kappa shape index (κ2) is 35.7. The Labute approximate surface area is 475 Å². The first-order valence-corrected chi connectivity index (χ1v) is 26.1. The fourth-order valence-electron chi connectivity index (χ4n) is 5.75. The van der Waals surface area contributed by atoms with Crippen LogP contribution < -0.4 is 0 Å². The first kappa shape index (κ1) is 70.3. The zero-order chi connectivity index (χ0) is 59.9. The van der Waals surface area contributed by atoms with E-state index in [1.54, 1.807) is 179 Å². The van der Waals surface area contributed by atoms with Gasteiger partial charge >= 0.3 is 11.9 Å². The number of hydrogen-bond donors (Lipinski definition) is 2. The lowest BCUT2D eigenvalue weighted by Crippen LogP contribution is -2.32. The van der Waals surface area contributed by atoms with Crippen LogP contribution in [0.2, 0.25) is 0 Å². The Morgan fingerprint density at radius 3 is 1.01 bits per heavy atom. The van der Waals surface area contributed by atoms with Crippen LogP contribution in [0.1, 0.15) is 162 Å². The molecule has 0 aliphatic rings. The summed E-state index contributed by atoms with van der Waals surface area (Å²) in [7, 11) is 1.59. The highest BCUT2D eigenvalue weighted by atomic mass is 35.5. The Morgan fingerprint density at radius 1 is 0.468 bits per heavy atom. The fourth-order valence-corrected chi connectivity index (χ4v) is 5.87. The van der Waals surface area contributed by atoms with Gasteiger partial charge in [0.15, 0.2) is 17.3 Å². The molecule has 0 fully saturated rings. The monoisotopic (exact) mass is 1130 g/mol. The van der Waals surface area contributed by atoms with Crippen LogP contribution in [0.4, 0.5) is 0 Å². The molecule has 0 aromatic heterocycles. The maximum absolute atomic E-state index is 12.4. The quantitative estimate of drug-likeness (QED) is 0.0176.